The van der Waals surface area contributed by atoms with E-state index in [-0.39, 0.29) is 6.71 Å². The molecule has 2 aliphatic heterocycles. The highest BCUT2D eigenvalue weighted by Crippen LogP contribution is 2.48. The summed E-state index contributed by atoms with van der Waals surface area (Å²) in [7, 11) is 0. The lowest BCUT2D eigenvalue weighted by Gasteiger charge is -2.45. The van der Waals surface area contributed by atoms with E-state index in [2.05, 4.69) is 119 Å². The van der Waals surface area contributed by atoms with Gasteiger partial charge in [-0.3, -0.25) is 0 Å². The van der Waals surface area contributed by atoms with Crippen LogP contribution in [0.4, 0.5) is 34.1 Å². The molecule has 0 radical (unpaired) electrons. The molecular weight excluding hydrogens is 615 g/mol. The zero-order valence-electron chi connectivity index (χ0n) is 30.2. The molecule has 3 heteroatoms. The summed E-state index contributed by atoms with van der Waals surface area (Å²) < 4.78 is 0. The third-order valence-electron chi connectivity index (χ3n) is 13.4. The minimum Gasteiger partial charge on any atom is -0.311 e. The van der Waals surface area contributed by atoms with Crippen molar-refractivity contribution in [1.82, 2.24) is 0 Å². The van der Waals surface area contributed by atoms with Gasteiger partial charge in [-0.05, 0) is 138 Å². The van der Waals surface area contributed by atoms with Crippen LogP contribution in [0, 0.1) is 0 Å². The molecule has 0 N–H and O–H groups in total. The Kier molecular flexibility index (Phi) is 8.27. The molecule has 256 valence electrons. The maximum atomic E-state index is 2.73. The summed E-state index contributed by atoms with van der Waals surface area (Å²) in [5, 5.41) is 0. The summed E-state index contributed by atoms with van der Waals surface area (Å²) >= 11 is 0. The van der Waals surface area contributed by atoms with Crippen molar-refractivity contribution in [2.75, 3.05) is 9.80 Å². The topological polar surface area (TPSA) is 6.48 Å². The molecule has 51 heavy (non-hydrogen) atoms. The normalized spacial score (nSPS) is 19.4. The van der Waals surface area contributed by atoms with Crippen molar-refractivity contribution in [3.05, 3.63) is 126 Å². The molecule has 3 fully saturated rings. The van der Waals surface area contributed by atoms with Gasteiger partial charge in [-0.25, -0.2) is 0 Å². The molecule has 3 aliphatic carbocycles. The molecule has 0 bridgehead atoms. The Morgan fingerprint density at radius 1 is 0.373 bits per heavy atom. The molecule has 0 atom stereocenters. The first-order chi connectivity index (χ1) is 25.3. The van der Waals surface area contributed by atoms with Gasteiger partial charge in [0.05, 0.1) is 0 Å². The molecule has 5 aromatic carbocycles. The molecule has 5 aliphatic rings. The highest BCUT2D eigenvalue weighted by Gasteiger charge is 2.44. The smallest absolute Gasteiger partial charge is 0.252 e. The Labute approximate surface area is 306 Å². The molecular formula is C48H51BN2. The zero-order chi connectivity index (χ0) is 33.7. The fourth-order valence-electron chi connectivity index (χ4n) is 10.8. The van der Waals surface area contributed by atoms with Gasteiger partial charge in [-0.15, -0.1) is 0 Å². The molecule has 2 nitrogen and oxygen atoms in total. The number of hydrogen-bond acceptors (Lipinski definition) is 2. The number of rotatable bonds is 5. The Balaban J connectivity index is 1.24. The highest BCUT2D eigenvalue weighted by molar-refractivity contribution is 7.00. The summed E-state index contributed by atoms with van der Waals surface area (Å²) in [6.07, 6.45) is 20.1. The second-order valence-corrected chi connectivity index (χ2v) is 16.4. The van der Waals surface area contributed by atoms with E-state index in [4.69, 9.17) is 0 Å². The lowest BCUT2D eigenvalue weighted by atomic mass is 9.33. The lowest BCUT2D eigenvalue weighted by Crippen LogP contribution is -2.61. The zero-order valence-corrected chi connectivity index (χ0v) is 30.2. The monoisotopic (exact) mass is 666 g/mol. The van der Waals surface area contributed by atoms with Crippen LogP contribution in [-0.2, 0) is 0 Å². The first-order valence-electron chi connectivity index (χ1n) is 20.5. The van der Waals surface area contributed by atoms with E-state index in [0.717, 1.165) is 0 Å². The van der Waals surface area contributed by atoms with E-state index in [1.165, 1.54) is 158 Å². The minimum atomic E-state index is 0.194. The van der Waals surface area contributed by atoms with Crippen molar-refractivity contribution in [2.45, 2.75) is 114 Å². The fourth-order valence-corrected chi connectivity index (χ4v) is 10.8. The molecule has 10 rings (SSSR count). The Hall–Kier alpha value is -4.24. The van der Waals surface area contributed by atoms with E-state index >= 15 is 0 Å². The minimum absolute atomic E-state index is 0.194. The SMILES string of the molecule is c1ccc(N2c3ccccc3B3c4ccc(C5CCCCC5)cc4N(c4cccc(C5CCCCC5)c4)c4cc(C5CCCCC5)cc2c43)cc1. The standard InChI is InChI=1S/C48H51BN2/c1-5-16-34(17-6-1)37-22-15-25-41(30-37)51-45-31-38(35-18-7-2-8-19-35)28-29-43(45)49-42-26-13-14-27-44(42)50(40-23-11-4-12-24-40)46-32-39(33-47(51)48(46)49)36-20-9-3-10-21-36/h4,11-15,22-36H,1-3,5-10,16-21H2. The van der Waals surface area contributed by atoms with Gasteiger partial charge in [-0.2, -0.15) is 0 Å². The first kappa shape index (κ1) is 31.5. The summed E-state index contributed by atoms with van der Waals surface area (Å²) in [6, 6.07) is 43.2. The van der Waals surface area contributed by atoms with Crippen molar-refractivity contribution in [2.24, 2.45) is 0 Å². The van der Waals surface area contributed by atoms with Crippen molar-refractivity contribution < 1.29 is 0 Å². The van der Waals surface area contributed by atoms with Crippen molar-refractivity contribution in [1.29, 1.82) is 0 Å². The first-order valence-corrected chi connectivity index (χ1v) is 20.5. The van der Waals surface area contributed by atoms with Gasteiger partial charge in [0.25, 0.3) is 6.71 Å². The molecule has 0 amide bonds. The number of fused-ring (bicyclic) bond motifs is 4. The van der Waals surface area contributed by atoms with Gasteiger partial charge in [0.15, 0.2) is 0 Å². The van der Waals surface area contributed by atoms with Crippen LogP contribution < -0.4 is 26.2 Å². The van der Waals surface area contributed by atoms with E-state index in [9.17, 15) is 0 Å². The largest absolute Gasteiger partial charge is 0.311 e. The number of anilines is 6. The quantitative estimate of drug-likeness (QED) is 0.169. The van der Waals surface area contributed by atoms with Crippen LogP contribution in [0.25, 0.3) is 0 Å². The van der Waals surface area contributed by atoms with Crippen molar-refractivity contribution in [3.8, 4) is 0 Å². The second-order valence-electron chi connectivity index (χ2n) is 16.4. The van der Waals surface area contributed by atoms with Crippen LogP contribution >= 0.6 is 0 Å². The fraction of sp³-hybridized carbons (Fsp3) is 0.375. The molecule has 0 unspecified atom stereocenters. The van der Waals surface area contributed by atoms with Gasteiger partial charge in [0.2, 0.25) is 0 Å². The summed E-state index contributed by atoms with van der Waals surface area (Å²) in [4.78, 5) is 5.32. The number of benzene rings is 5. The Morgan fingerprint density at radius 3 is 1.55 bits per heavy atom. The number of hydrogen-bond donors (Lipinski definition) is 0. The predicted octanol–water partition coefficient (Wildman–Crippen LogP) is 11.9. The molecule has 2 heterocycles. The third kappa shape index (κ3) is 5.54. The average molecular weight is 667 g/mol. The van der Waals surface area contributed by atoms with Crippen molar-refractivity contribution in [3.63, 3.8) is 0 Å². The lowest BCUT2D eigenvalue weighted by molar-refractivity contribution is 0.443. The van der Waals surface area contributed by atoms with Crippen LogP contribution in [0.1, 0.15) is 131 Å². The van der Waals surface area contributed by atoms with Crippen molar-refractivity contribution >= 4 is 57.2 Å². The second kappa shape index (κ2) is 13.4. The van der Waals surface area contributed by atoms with E-state index in [0.29, 0.717) is 17.8 Å². The van der Waals surface area contributed by atoms with Gasteiger partial charge >= 0.3 is 0 Å². The van der Waals surface area contributed by atoms with Gasteiger partial charge < -0.3 is 9.80 Å². The Morgan fingerprint density at radius 2 is 0.882 bits per heavy atom. The van der Waals surface area contributed by atoms with Gasteiger partial charge in [0.1, 0.15) is 0 Å². The van der Waals surface area contributed by atoms with Gasteiger partial charge in [0, 0.05) is 34.1 Å². The molecule has 3 saturated carbocycles. The molecule has 0 aromatic heterocycles. The third-order valence-corrected chi connectivity index (χ3v) is 13.4. The van der Waals surface area contributed by atoms with Gasteiger partial charge in [-0.1, -0.05) is 118 Å². The number of para-hydroxylation sites is 2. The van der Waals surface area contributed by atoms with Crippen LogP contribution in [0.2, 0.25) is 0 Å². The number of nitrogens with zero attached hydrogens (tertiary/aromatic N) is 2. The van der Waals surface area contributed by atoms with Crippen LogP contribution in [0.5, 0.6) is 0 Å². The Bertz CT molecular complexity index is 2030. The van der Waals surface area contributed by atoms with Crippen LogP contribution in [0.3, 0.4) is 0 Å². The summed E-state index contributed by atoms with van der Waals surface area (Å²) in [6.45, 7) is 0.194. The van der Waals surface area contributed by atoms with Crippen LogP contribution in [0.15, 0.2) is 109 Å². The van der Waals surface area contributed by atoms with E-state index in [1.54, 1.807) is 5.56 Å². The highest BCUT2D eigenvalue weighted by atomic mass is 15.2. The summed E-state index contributed by atoms with van der Waals surface area (Å²) in [5.41, 5.74) is 17.1. The predicted molar refractivity (Wildman–Crippen MR) is 218 cm³/mol. The van der Waals surface area contributed by atoms with E-state index in [1.807, 2.05) is 0 Å². The molecule has 0 spiro atoms. The van der Waals surface area contributed by atoms with Crippen LogP contribution in [-0.4, -0.2) is 6.71 Å². The summed E-state index contributed by atoms with van der Waals surface area (Å²) in [5.74, 6) is 1.95. The molecule has 0 saturated heterocycles. The van der Waals surface area contributed by atoms with E-state index < -0.39 is 0 Å². The maximum Gasteiger partial charge on any atom is 0.252 e. The molecule has 5 aromatic rings. The maximum absolute atomic E-state index is 2.73. The average Bonchev–Trinajstić information content (AvgIpc) is 3.21.